The minimum absolute atomic E-state index is 0.101. The molecule has 0 aromatic carbocycles. The summed E-state index contributed by atoms with van der Waals surface area (Å²) in [6.07, 6.45) is 3.94. The Bertz CT molecular complexity index is 814. The molecule has 0 unspecified atom stereocenters. The highest BCUT2D eigenvalue weighted by molar-refractivity contribution is 8.10. The maximum atomic E-state index is 14.0. The average Bonchev–Trinajstić information content (AvgIpc) is 3.21. The van der Waals surface area contributed by atoms with E-state index in [1.54, 1.807) is 13.8 Å². The average molecular weight is 452 g/mol. The maximum Gasteiger partial charge on any atom is 0.333 e. The van der Waals surface area contributed by atoms with Crippen LogP contribution in [0, 0.1) is 5.82 Å². The summed E-state index contributed by atoms with van der Waals surface area (Å²) < 4.78 is 32.5. The molecule has 1 aliphatic heterocycles. The van der Waals surface area contributed by atoms with Gasteiger partial charge in [-0.1, -0.05) is 12.8 Å². The van der Waals surface area contributed by atoms with Gasteiger partial charge >= 0.3 is 5.69 Å². The predicted octanol–water partition coefficient (Wildman–Crippen LogP) is 2.72. The molecular formula is C18H30FN2O6PS. The van der Waals surface area contributed by atoms with Crippen molar-refractivity contribution in [1.82, 2.24) is 9.13 Å². The molecule has 1 N–H and O–H groups in total. The molecule has 0 amide bonds. The number of hydrogen-bond donors (Lipinski definition) is 1. The van der Waals surface area contributed by atoms with Crippen molar-refractivity contribution in [1.29, 1.82) is 0 Å². The van der Waals surface area contributed by atoms with Gasteiger partial charge in [-0.25, -0.2) is 4.79 Å². The molecule has 1 fully saturated rings. The zero-order valence-corrected chi connectivity index (χ0v) is 18.6. The Balaban J connectivity index is 1.93. The summed E-state index contributed by atoms with van der Waals surface area (Å²) in [5.41, 5.74) is -1.49. The Hall–Kier alpha value is -0.900. The molecule has 8 nitrogen and oxygen atoms in total. The molecule has 0 spiro atoms. The Kier molecular flexibility index (Phi) is 9.65. The van der Waals surface area contributed by atoms with Gasteiger partial charge in [-0.15, -0.1) is 0 Å². The van der Waals surface area contributed by atoms with Gasteiger partial charge in [0.15, 0.2) is 0 Å². The zero-order valence-electron chi connectivity index (χ0n) is 16.9. The fourth-order valence-corrected chi connectivity index (χ4v) is 5.86. The monoisotopic (exact) mass is 452 g/mol. The van der Waals surface area contributed by atoms with E-state index in [0.717, 1.165) is 21.8 Å². The lowest BCUT2D eigenvalue weighted by molar-refractivity contribution is 0.0502. The molecule has 166 valence electrons. The summed E-state index contributed by atoms with van der Waals surface area (Å²) in [4.78, 5) is 24.6. The third-order valence-corrected chi connectivity index (χ3v) is 8.28. The quantitative estimate of drug-likeness (QED) is 0.385. The van der Waals surface area contributed by atoms with Gasteiger partial charge < -0.3 is 18.9 Å². The summed E-state index contributed by atoms with van der Waals surface area (Å²) in [7, 11) is 0. The van der Waals surface area contributed by atoms with E-state index in [4.69, 9.17) is 25.6 Å². The molecule has 0 bridgehead atoms. The maximum absolute atomic E-state index is 14.0. The summed E-state index contributed by atoms with van der Waals surface area (Å²) in [6, 6.07) is 0. The van der Waals surface area contributed by atoms with E-state index in [1.165, 1.54) is 0 Å². The molecular weight excluding hydrogens is 422 g/mol. The number of nitrogens with zero attached hydrogens (tertiary/aromatic N) is 2. The van der Waals surface area contributed by atoms with Gasteiger partial charge in [0, 0.05) is 13.2 Å². The van der Waals surface area contributed by atoms with Crippen LogP contribution in [0.2, 0.25) is 0 Å². The summed E-state index contributed by atoms with van der Waals surface area (Å²) in [5, 5.41) is 10.4. The number of halogens is 1. The second kappa shape index (κ2) is 11.5. The molecule has 2 rings (SSSR count). The van der Waals surface area contributed by atoms with Crippen molar-refractivity contribution in [3.8, 4) is 0 Å². The second-order valence-electron chi connectivity index (χ2n) is 6.80. The SMILES string of the molecule is CCOP(=S)(OCC)[C@@H](O)CCCCCn1c(=O)c(F)cn([C@H]2CCCO2)c1=O. The van der Waals surface area contributed by atoms with Crippen LogP contribution in [0.25, 0.3) is 0 Å². The van der Waals surface area contributed by atoms with E-state index < -0.39 is 35.6 Å². The minimum atomic E-state index is -2.74. The lowest BCUT2D eigenvalue weighted by Crippen LogP contribution is -2.42. The Morgan fingerprint density at radius 3 is 2.59 bits per heavy atom. The Morgan fingerprint density at radius 1 is 1.31 bits per heavy atom. The Morgan fingerprint density at radius 2 is 2.00 bits per heavy atom. The lowest BCUT2D eigenvalue weighted by Gasteiger charge is -2.26. The summed E-state index contributed by atoms with van der Waals surface area (Å²) >= 11 is 5.37. The van der Waals surface area contributed by atoms with Crippen molar-refractivity contribution in [2.24, 2.45) is 0 Å². The van der Waals surface area contributed by atoms with Crippen LogP contribution in [-0.4, -0.2) is 39.9 Å². The van der Waals surface area contributed by atoms with Gasteiger partial charge in [0.2, 0.25) is 12.3 Å². The van der Waals surface area contributed by atoms with Gasteiger partial charge in [0.1, 0.15) is 12.1 Å². The van der Waals surface area contributed by atoms with Crippen molar-refractivity contribution < 1.29 is 23.3 Å². The van der Waals surface area contributed by atoms with Crippen molar-refractivity contribution >= 4 is 18.3 Å². The number of aliphatic hydroxyl groups excluding tert-OH is 1. The van der Waals surface area contributed by atoms with Gasteiger partial charge in [-0.2, -0.15) is 4.39 Å². The number of hydrogen-bond acceptors (Lipinski definition) is 7. The number of aliphatic hydroxyl groups is 1. The predicted molar refractivity (Wildman–Crippen MR) is 111 cm³/mol. The van der Waals surface area contributed by atoms with Crippen LogP contribution < -0.4 is 11.2 Å². The fourth-order valence-electron chi connectivity index (χ4n) is 3.27. The zero-order chi connectivity index (χ0) is 21.4. The number of rotatable bonds is 12. The molecule has 2 atom stereocenters. The van der Waals surface area contributed by atoms with Crippen molar-refractivity contribution in [3.63, 3.8) is 0 Å². The number of unbranched alkanes of at least 4 members (excludes halogenated alkanes) is 2. The van der Waals surface area contributed by atoms with Gasteiger partial charge in [-0.05, 0) is 51.3 Å². The number of aromatic nitrogens is 2. The van der Waals surface area contributed by atoms with E-state index in [9.17, 15) is 19.1 Å². The van der Waals surface area contributed by atoms with Crippen LogP contribution in [0.5, 0.6) is 0 Å². The molecule has 11 heteroatoms. The number of ether oxygens (including phenoxy) is 1. The smallest absolute Gasteiger partial charge is 0.333 e. The first-order chi connectivity index (χ1) is 13.8. The van der Waals surface area contributed by atoms with Gasteiger partial charge in [-0.3, -0.25) is 13.9 Å². The fraction of sp³-hybridized carbons (Fsp3) is 0.778. The highest BCUT2D eigenvalue weighted by Gasteiger charge is 2.28. The largest absolute Gasteiger partial charge is 0.383 e. The van der Waals surface area contributed by atoms with E-state index >= 15 is 0 Å². The first-order valence-corrected chi connectivity index (χ1v) is 12.7. The minimum Gasteiger partial charge on any atom is -0.383 e. The van der Waals surface area contributed by atoms with Crippen LogP contribution in [0.1, 0.15) is 58.6 Å². The van der Waals surface area contributed by atoms with Crippen LogP contribution in [-0.2, 0) is 32.1 Å². The molecule has 0 radical (unpaired) electrons. The highest BCUT2D eigenvalue weighted by atomic mass is 32.5. The molecule has 2 heterocycles. The highest BCUT2D eigenvalue weighted by Crippen LogP contribution is 2.53. The van der Waals surface area contributed by atoms with Crippen LogP contribution in [0.3, 0.4) is 0 Å². The lowest BCUT2D eigenvalue weighted by atomic mass is 10.2. The van der Waals surface area contributed by atoms with Crippen LogP contribution in [0.4, 0.5) is 4.39 Å². The van der Waals surface area contributed by atoms with E-state index in [0.29, 0.717) is 51.9 Å². The van der Waals surface area contributed by atoms with Crippen molar-refractivity contribution in [3.05, 3.63) is 32.9 Å². The first kappa shape index (κ1) is 24.4. The molecule has 1 aromatic heterocycles. The molecule has 0 saturated carbocycles. The molecule has 1 aromatic rings. The van der Waals surface area contributed by atoms with Crippen molar-refractivity contribution in [2.45, 2.75) is 71.0 Å². The van der Waals surface area contributed by atoms with E-state index in [2.05, 4.69) is 0 Å². The van der Waals surface area contributed by atoms with E-state index in [1.807, 2.05) is 0 Å². The second-order valence-corrected chi connectivity index (χ2v) is 10.5. The molecule has 1 aliphatic rings. The van der Waals surface area contributed by atoms with Crippen LogP contribution in [0.15, 0.2) is 15.8 Å². The summed E-state index contributed by atoms with van der Waals surface area (Å²) in [5.74, 6) is -1.84. The normalized spacial score (nSPS) is 18.3. The summed E-state index contributed by atoms with van der Waals surface area (Å²) in [6.45, 7) is 2.20. The Labute approximate surface area is 174 Å². The standard InChI is InChI=1S/C18H30FN2O6PS/c1-3-26-28(29,27-4-2)16(22)10-6-5-7-11-20-17(23)14(19)13-21(18(20)24)15-9-8-12-25-15/h13,15-16,22H,3-12H2,1-2H3/t15-,16-/m1/s1. The third-order valence-electron chi connectivity index (χ3n) is 4.70. The molecule has 29 heavy (non-hydrogen) atoms. The molecule has 1 saturated heterocycles. The third kappa shape index (κ3) is 6.29. The van der Waals surface area contributed by atoms with Gasteiger partial charge in [0.25, 0.3) is 5.56 Å². The first-order valence-electron chi connectivity index (χ1n) is 10.0. The van der Waals surface area contributed by atoms with Crippen molar-refractivity contribution in [2.75, 3.05) is 19.8 Å². The molecule has 0 aliphatic carbocycles. The van der Waals surface area contributed by atoms with E-state index in [-0.39, 0.29) is 6.54 Å². The topological polar surface area (TPSA) is 91.9 Å². The van der Waals surface area contributed by atoms with Crippen LogP contribution >= 0.6 is 6.49 Å². The van der Waals surface area contributed by atoms with Gasteiger partial charge in [0.05, 0.1) is 19.4 Å².